The molecule has 11 heteroatoms. The van der Waals surface area contributed by atoms with E-state index in [1.165, 1.54) is 10.4 Å². The Morgan fingerprint density at radius 1 is 1.10 bits per heavy atom. The Kier molecular flexibility index (Phi) is 9.64. The van der Waals surface area contributed by atoms with Gasteiger partial charge in [-0.05, 0) is 102 Å². The minimum atomic E-state index is -2.19. The van der Waals surface area contributed by atoms with Crippen LogP contribution in [-0.4, -0.2) is 65.6 Å². The Morgan fingerprint density at radius 3 is 2.33 bits per heavy atom. The Hall–Kier alpha value is -2.24. The topological polar surface area (TPSA) is 117 Å². The maximum atomic E-state index is 12.8. The van der Waals surface area contributed by atoms with Crippen molar-refractivity contribution < 1.29 is 23.5 Å². The Labute approximate surface area is 256 Å². The van der Waals surface area contributed by atoms with Gasteiger partial charge in [-0.3, -0.25) is 4.79 Å². The summed E-state index contributed by atoms with van der Waals surface area (Å²) in [5.41, 5.74) is 6.58. The Bertz CT molecular complexity index is 1280. The zero-order chi connectivity index (χ0) is 31.0. The van der Waals surface area contributed by atoms with E-state index in [0.29, 0.717) is 18.8 Å². The summed E-state index contributed by atoms with van der Waals surface area (Å²) < 4.78 is 18.8. The Balaban J connectivity index is 1.49. The van der Waals surface area contributed by atoms with Gasteiger partial charge in [0.05, 0.1) is 5.39 Å². The number of primary amides is 1. The molecule has 2 atom stereocenters. The summed E-state index contributed by atoms with van der Waals surface area (Å²) in [5, 5.41) is 0.951. The second-order valence-electron chi connectivity index (χ2n) is 14.4. The first-order valence-electron chi connectivity index (χ1n) is 15.4. The van der Waals surface area contributed by atoms with Gasteiger partial charge >= 0.3 is 6.09 Å². The third-order valence-corrected chi connectivity index (χ3v) is 14.7. The molecule has 2 aliphatic carbocycles. The highest BCUT2D eigenvalue weighted by molar-refractivity contribution is 7.19. The molecule has 2 N–H and O–H groups in total. The minimum Gasteiger partial charge on any atom is -0.474 e. The van der Waals surface area contributed by atoms with E-state index in [2.05, 4.69) is 43.8 Å². The van der Waals surface area contributed by atoms with Gasteiger partial charge in [-0.15, -0.1) is 11.3 Å². The van der Waals surface area contributed by atoms with Crippen LogP contribution < -0.4 is 10.5 Å². The molecule has 1 saturated carbocycles. The smallest absolute Gasteiger partial charge is 0.410 e. The lowest BCUT2D eigenvalue weighted by molar-refractivity contribution is -0.125. The predicted molar refractivity (Wildman–Crippen MR) is 170 cm³/mol. The molecule has 42 heavy (non-hydrogen) atoms. The summed E-state index contributed by atoms with van der Waals surface area (Å²) in [6.07, 6.45) is 6.50. The number of carbonyl (C=O) groups is 2. The Morgan fingerprint density at radius 2 is 1.76 bits per heavy atom. The van der Waals surface area contributed by atoms with E-state index in [0.717, 1.165) is 48.7 Å². The number of rotatable bonds is 9. The molecule has 1 fully saturated rings. The number of aryl methyl sites for hydroxylation is 1. The van der Waals surface area contributed by atoms with E-state index < -0.39 is 25.9 Å². The fourth-order valence-electron chi connectivity index (χ4n) is 5.87. The number of hydrogen-bond donors (Lipinski definition) is 1. The van der Waals surface area contributed by atoms with Gasteiger partial charge in [-0.25, -0.2) is 14.8 Å². The number of nitrogens with zero attached hydrogens (tertiary/aromatic N) is 3. The highest BCUT2D eigenvalue weighted by Gasteiger charge is 2.42. The summed E-state index contributed by atoms with van der Waals surface area (Å²) >= 11 is 1.70. The van der Waals surface area contributed by atoms with E-state index in [4.69, 9.17) is 19.6 Å². The van der Waals surface area contributed by atoms with Gasteiger partial charge in [0.2, 0.25) is 11.8 Å². The quantitative estimate of drug-likeness (QED) is 0.303. The normalized spacial score (nSPS) is 22.1. The lowest BCUT2D eigenvalue weighted by Gasteiger charge is -2.39. The van der Waals surface area contributed by atoms with Crippen LogP contribution in [0, 0.1) is 0 Å². The highest BCUT2D eigenvalue weighted by atomic mass is 32.1. The van der Waals surface area contributed by atoms with Crippen molar-refractivity contribution in [3.8, 4) is 5.88 Å². The molecule has 0 spiro atoms. The van der Waals surface area contributed by atoms with Crippen LogP contribution in [0.15, 0.2) is 6.33 Å². The molecule has 0 unspecified atom stereocenters. The molecule has 2 aromatic heterocycles. The zero-order valence-corrected chi connectivity index (χ0v) is 28.7. The number of hydrogen-bond acceptors (Lipinski definition) is 8. The summed E-state index contributed by atoms with van der Waals surface area (Å²) in [7, 11) is -2.19. The summed E-state index contributed by atoms with van der Waals surface area (Å²) in [6.45, 7) is 19.1. The molecule has 0 bridgehead atoms. The van der Waals surface area contributed by atoms with E-state index in [1.54, 1.807) is 17.7 Å². The molecule has 2 amide bonds. The minimum absolute atomic E-state index is 0.00684. The fourth-order valence-corrected chi connectivity index (χ4v) is 8.38. The van der Waals surface area contributed by atoms with Crippen molar-refractivity contribution in [3.05, 3.63) is 16.8 Å². The molecular formula is C31H50N4O5SSi. The molecule has 2 aromatic rings. The van der Waals surface area contributed by atoms with Gasteiger partial charge in [0.25, 0.3) is 0 Å². The molecule has 0 aromatic carbocycles. The molecule has 2 heterocycles. The molecule has 2 aliphatic rings. The van der Waals surface area contributed by atoms with Crippen molar-refractivity contribution >= 4 is 41.9 Å². The van der Waals surface area contributed by atoms with E-state index >= 15 is 0 Å². The summed E-state index contributed by atoms with van der Waals surface area (Å²) in [4.78, 5) is 38.6. The van der Waals surface area contributed by atoms with Crippen LogP contribution in [0.5, 0.6) is 5.88 Å². The molecule has 0 aliphatic heterocycles. The van der Waals surface area contributed by atoms with Gasteiger partial charge in [-0.2, -0.15) is 0 Å². The van der Waals surface area contributed by atoms with Crippen molar-refractivity contribution in [3.63, 3.8) is 0 Å². The second kappa shape index (κ2) is 12.4. The van der Waals surface area contributed by atoms with Gasteiger partial charge in [0, 0.05) is 17.5 Å². The van der Waals surface area contributed by atoms with Crippen LogP contribution in [-0.2, 0) is 20.4 Å². The van der Waals surface area contributed by atoms with Gasteiger partial charge < -0.3 is 24.5 Å². The third kappa shape index (κ3) is 7.27. The van der Waals surface area contributed by atoms with Crippen LogP contribution in [0.3, 0.4) is 0 Å². The lowest BCUT2D eigenvalue weighted by atomic mass is 9.91. The van der Waals surface area contributed by atoms with Gasteiger partial charge in [0.15, 0.2) is 8.32 Å². The second-order valence-corrected chi connectivity index (χ2v) is 20.2. The van der Waals surface area contributed by atoms with Crippen LogP contribution >= 0.6 is 11.3 Å². The van der Waals surface area contributed by atoms with Gasteiger partial charge in [-0.1, -0.05) is 20.8 Å². The maximum Gasteiger partial charge on any atom is 0.410 e. The number of carbonyl (C=O) groups excluding carboxylic acids is 2. The first-order chi connectivity index (χ1) is 19.5. The number of ether oxygens (including phenoxy) is 2. The lowest BCUT2D eigenvalue weighted by Crippen LogP contribution is -2.48. The molecule has 4 rings (SSSR count). The van der Waals surface area contributed by atoms with Crippen molar-refractivity contribution in [1.82, 2.24) is 14.9 Å². The standard InChI is InChI=1S/C31H50N4O5SSi/c1-10-35(29(37)39-30(2,3)4)20-12-14-21(15-13-20)38-27-25-24-19(11-16-23(24)41-28(25)34-18-33-27)17-22(26(32)36)40-42(8,9)31(5,6)7/h18-22H,10-17H2,1-9H3,(H2,32,36)/t19-,20?,21?,22+/m1/s1. The predicted octanol–water partition coefficient (Wildman–Crippen LogP) is 6.93. The summed E-state index contributed by atoms with van der Waals surface area (Å²) in [5.74, 6) is 0.352. The van der Waals surface area contributed by atoms with Crippen molar-refractivity contribution in [1.29, 1.82) is 0 Å². The first kappa shape index (κ1) is 32.7. The number of thiophene rings is 1. The monoisotopic (exact) mass is 618 g/mol. The fraction of sp³-hybridized carbons (Fsp3) is 0.742. The zero-order valence-electron chi connectivity index (χ0n) is 26.9. The third-order valence-electron chi connectivity index (χ3n) is 9.09. The molecule has 0 radical (unpaired) electrons. The van der Waals surface area contributed by atoms with Gasteiger partial charge in [0.1, 0.15) is 29.0 Å². The van der Waals surface area contributed by atoms with Crippen LogP contribution in [0.25, 0.3) is 10.2 Å². The van der Waals surface area contributed by atoms with E-state index in [-0.39, 0.29) is 29.2 Å². The summed E-state index contributed by atoms with van der Waals surface area (Å²) in [6, 6.07) is 0.136. The van der Waals surface area contributed by atoms with Crippen molar-refractivity contribution in [2.75, 3.05) is 6.54 Å². The average Bonchev–Trinajstić information content (AvgIpc) is 3.43. The molecule has 0 saturated heterocycles. The average molecular weight is 619 g/mol. The number of aromatic nitrogens is 2. The van der Waals surface area contributed by atoms with Crippen molar-refractivity contribution in [2.24, 2.45) is 5.73 Å². The number of fused-ring (bicyclic) bond motifs is 3. The molecule has 234 valence electrons. The van der Waals surface area contributed by atoms with E-state index in [1.807, 2.05) is 32.6 Å². The first-order valence-corrected chi connectivity index (χ1v) is 19.1. The van der Waals surface area contributed by atoms with Crippen LogP contribution in [0.1, 0.15) is 103 Å². The SMILES string of the molecule is CCN(C(=O)OC(C)(C)C)C1CCC(Oc2ncnc3sc4c(c23)[C@@H](C[C@H](O[Si](C)(C)C(C)(C)C)C(N)=O)CC4)CC1. The highest BCUT2D eigenvalue weighted by Crippen LogP contribution is 2.48. The largest absolute Gasteiger partial charge is 0.474 e. The van der Waals surface area contributed by atoms with E-state index in [9.17, 15) is 9.59 Å². The van der Waals surface area contributed by atoms with Crippen LogP contribution in [0.4, 0.5) is 4.79 Å². The molecule has 9 nitrogen and oxygen atoms in total. The maximum absolute atomic E-state index is 12.8. The number of amides is 2. The van der Waals surface area contributed by atoms with Crippen LogP contribution in [0.2, 0.25) is 18.1 Å². The molecular weight excluding hydrogens is 569 g/mol. The number of nitrogens with two attached hydrogens (primary N) is 1. The van der Waals surface area contributed by atoms with Crippen molar-refractivity contribution in [2.45, 2.75) is 141 Å².